The van der Waals surface area contributed by atoms with E-state index in [1.54, 1.807) is 18.5 Å². The SMILES string of the molecule is C=C1/N=C\C(S)=C=CC/N=C\CN1. The topological polar surface area (TPSA) is 36.8 Å². The van der Waals surface area contributed by atoms with Crippen molar-refractivity contribution < 1.29 is 0 Å². The molecule has 3 nitrogen and oxygen atoms in total. The molecule has 1 aliphatic rings. The van der Waals surface area contributed by atoms with Gasteiger partial charge in [-0.3, -0.25) is 4.99 Å². The summed E-state index contributed by atoms with van der Waals surface area (Å²) in [5.74, 6) is 0.599. The number of rotatable bonds is 0. The van der Waals surface area contributed by atoms with Crippen LogP contribution in [0, 0.1) is 0 Å². The lowest BCUT2D eigenvalue weighted by Crippen LogP contribution is -2.13. The van der Waals surface area contributed by atoms with E-state index in [4.69, 9.17) is 0 Å². The Morgan fingerprint density at radius 2 is 2.46 bits per heavy atom. The van der Waals surface area contributed by atoms with Crippen molar-refractivity contribution in [1.29, 1.82) is 0 Å². The molecule has 1 rings (SSSR count). The fourth-order valence-corrected chi connectivity index (χ4v) is 0.876. The first kappa shape index (κ1) is 9.84. The lowest BCUT2D eigenvalue weighted by molar-refractivity contribution is 0.924. The van der Waals surface area contributed by atoms with Crippen LogP contribution < -0.4 is 5.32 Å². The largest absolute Gasteiger partial charge is 0.366 e. The molecule has 0 radical (unpaired) electrons. The summed E-state index contributed by atoms with van der Waals surface area (Å²) in [6.07, 6.45) is 5.18. The molecule has 1 N–H and O–H groups in total. The van der Waals surface area contributed by atoms with Crippen LogP contribution in [0.5, 0.6) is 0 Å². The molecule has 13 heavy (non-hydrogen) atoms. The number of hydrogen-bond acceptors (Lipinski definition) is 4. The highest BCUT2D eigenvalue weighted by molar-refractivity contribution is 7.85. The first-order valence-electron chi connectivity index (χ1n) is 3.88. The number of aliphatic imine (C=N–C) groups is 2. The lowest BCUT2D eigenvalue weighted by Gasteiger charge is -1.99. The van der Waals surface area contributed by atoms with Gasteiger partial charge in [0, 0.05) is 6.21 Å². The van der Waals surface area contributed by atoms with E-state index in [9.17, 15) is 0 Å². The Hall–Kier alpha value is -1.25. The van der Waals surface area contributed by atoms with E-state index < -0.39 is 0 Å². The highest BCUT2D eigenvalue weighted by atomic mass is 32.1. The van der Waals surface area contributed by atoms with Gasteiger partial charge in [-0.1, -0.05) is 6.58 Å². The number of nitrogens with one attached hydrogen (secondary N) is 1. The van der Waals surface area contributed by atoms with E-state index in [-0.39, 0.29) is 0 Å². The Bertz CT molecular complexity index is 309. The van der Waals surface area contributed by atoms with Crippen LogP contribution in [-0.4, -0.2) is 25.5 Å². The summed E-state index contributed by atoms with van der Waals surface area (Å²) >= 11 is 4.14. The minimum atomic E-state index is 0.599. The Balaban J connectivity index is 2.77. The van der Waals surface area contributed by atoms with Crippen molar-refractivity contribution in [3.8, 4) is 0 Å². The first-order chi connectivity index (χ1) is 6.29. The maximum absolute atomic E-state index is 4.14. The predicted octanol–water partition coefficient (Wildman–Crippen LogP) is 1.17. The summed E-state index contributed by atoms with van der Waals surface area (Å²) in [4.78, 5) is 8.78. The molecule has 0 bridgehead atoms. The van der Waals surface area contributed by atoms with Gasteiger partial charge in [-0.25, -0.2) is 4.99 Å². The normalized spacial score (nSPS) is 22.5. The van der Waals surface area contributed by atoms with Crippen molar-refractivity contribution in [2.75, 3.05) is 13.1 Å². The molecule has 1 heterocycles. The molecule has 0 aromatic carbocycles. The van der Waals surface area contributed by atoms with Gasteiger partial charge in [0.05, 0.1) is 24.2 Å². The molecule has 0 atom stereocenters. The van der Waals surface area contributed by atoms with Crippen LogP contribution in [0.25, 0.3) is 0 Å². The van der Waals surface area contributed by atoms with Crippen molar-refractivity contribution in [3.05, 3.63) is 29.1 Å². The second kappa shape index (κ2) is 5.41. The standard InChI is InChI=1S/C9H11N3S/c1-8-11-6-5-10-4-2-3-9(13)7-12-8/h2,5,7,11,13H,1,4,6H2/b10-5-,12-7-. The fraction of sp³-hybridized carbons (Fsp3) is 0.222. The van der Waals surface area contributed by atoms with E-state index >= 15 is 0 Å². The third kappa shape index (κ3) is 4.35. The molecular formula is C9H11N3S. The summed E-state index contributed by atoms with van der Waals surface area (Å²) in [5, 5.41) is 2.97. The molecule has 0 aliphatic carbocycles. The summed E-state index contributed by atoms with van der Waals surface area (Å²) in [7, 11) is 0. The summed E-state index contributed by atoms with van der Waals surface area (Å²) in [6, 6.07) is 0. The van der Waals surface area contributed by atoms with E-state index in [1.807, 2.05) is 0 Å². The van der Waals surface area contributed by atoms with Gasteiger partial charge >= 0.3 is 0 Å². The van der Waals surface area contributed by atoms with Crippen LogP contribution in [0.3, 0.4) is 0 Å². The van der Waals surface area contributed by atoms with Gasteiger partial charge in [0.2, 0.25) is 0 Å². The molecule has 0 unspecified atom stereocenters. The van der Waals surface area contributed by atoms with E-state index in [1.165, 1.54) is 0 Å². The maximum atomic E-state index is 4.14. The van der Waals surface area contributed by atoms with Crippen molar-refractivity contribution in [3.63, 3.8) is 0 Å². The molecular weight excluding hydrogens is 182 g/mol. The van der Waals surface area contributed by atoms with Crippen LogP contribution in [0.15, 0.2) is 39.1 Å². The Labute approximate surface area is 83.1 Å². The Kier molecular flexibility index (Phi) is 4.09. The maximum Gasteiger partial charge on any atom is 0.118 e. The molecule has 0 amide bonds. The van der Waals surface area contributed by atoms with Gasteiger partial charge < -0.3 is 5.32 Å². The number of thiol groups is 1. The second-order valence-corrected chi connectivity index (χ2v) is 2.85. The minimum Gasteiger partial charge on any atom is -0.366 e. The first-order valence-corrected chi connectivity index (χ1v) is 4.33. The molecule has 4 heteroatoms. The molecule has 1 aliphatic heterocycles. The fourth-order valence-electron chi connectivity index (χ4n) is 0.727. The average molecular weight is 193 g/mol. The minimum absolute atomic E-state index is 0.599. The van der Waals surface area contributed by atoms with E-state index in [2.05, 4.69) is 40.2 Å². The van der Waals surface area contributed by atoms with Crippen molar-refractivity contribution in [2.45, 2.75) is 0 Å². The zero-order valence-corrected chi connectivity index (χ0v) is 8.09. The average Bonchev–Trinajstić information content (AvgIpc) is 2.15. The third-order valence-electron chi connectivity index (χ3n) is 1.32. The van der Waals surface area contributed by atoms with Crippen molar-refractivity contribution in [2.24, 2.45) is 9.98 Å². The summed E-state index contributed by atoms with van der Waals surface area (Å²) in [5.41, 5.74) is 2.92. The third-order valence-corrected chi connectivity index (χ3v) is 1.56. The van der Waals surface area contributed by atoms with Crippen LogP contribution in [0.1, 0.15) is 0 Å². The van der Waals surface area contributed by atoms with Crippen LogP contribution >= 0.6 is 12.6 Å². The van der Waals surface area contributed by atoms with Crippen LogP contribution in [-0.2, 0) is 0 Å². The summed E-state index contributed by atoms with van der Waals surface area (Å²) < 4.78 is 0. The highest BCUT2D eigenvalue weighted by Gasteiger charge is 1.87. The Morgan fingerprint density at radius 3 is 3.31 bits per heavy atom. The number of hydrogen-bond donors (Lipinski definition) is 2. The molecule has 0 saturated heterocycles. The monoisotopic (exact) mass is 193 g/mol. The van der Waals surface area contributed by atoms with Gasteiger partial charge in [-0.05, 0) is 6.08 Å². The van der Waals surface area contributed by atoms with E-state index in [0.717, 1.165) is 0 Å². The van der Waals surface area contributed by atoms with E-state index in [0.29, 0.717) is 23.8 Å². The lowest BCUT2D eigenvalue weighted by atomic mass is 10.5. The van der Waals surface area contributed by atoms with Crippen LogP contribution in [0.4, 0.5) is 0 Å². The smallest absolute Gasteiger partial charge is 0.118 e. The van der Waals surface area contributed by atoms with Gasteiger partial charge in [0.15, 0.2) is 0 Å². The molecule has 0 aromatic rings. The second-order valence-electron chi connectivity index (χ2n) is 2.37. The van der Waals surface area contributed by atoms with Gasteiger partial charge in [0.25, 0.3) is 0 Å². The van der Waals surface area contributed by atoms with Gasteiger partial charge in [-0.15, -0.1) is 18.4 Å². The van der Waals surface area contributed by atoms with Gasteiger partial charge in [0.1, 0.15) is 5.82 Å². The molecule has 0 saturated carbocycles. The zero-order valence-electron chi connectivity index (χ0n) is 7.20. The van der Waals surface area contributed by atoms with Crippen LogP contribution in [0.2, 0.25) is 0 Å². The Morgan fingerprint density at radius 1 is 1.62 bits per heavy atom. The molecule has 68 valence electrons. The number of nitrogens with zero attached hydrogens (tertiary/aromatic N) is 2. The van der Waals surface area contributed by atoms with Gasteiger partial charge in [-0.2, -0.15) is 0 Å². The van der Waals surface area contributed by atoms with Crippen molar-refractivity contribution in [1.82, 2.24) is 5.32 Å². The predicted molar refractivity (Wildman–Crippen MR) is 59.6 cm³/mol. The molecule has 0 fully saturated rings. The summed E-state index contributed by atoms with van der Waals surface area (Å²) in [6.45, 7) is 4.96. The highest BCUT2D eigenvalue weighted by Crippen LogP contribution is 1.95. The quantitative estimate of drug-likeness (QED) is 0.440. The molecule has 0 aromatic heterocycles. The molecule has 0 spiro atoms. The zero-order chi connectivity index (χ0) is 9.52. The van der Waals surface area contributed by atoms with Crippen molar-refractivity contribution >= 4 is 25.1 Å².